The first kappa shape index (κ1) is 20.4. The van der Waals surface area contributed by atoms with Gasteiger partial charge in [-0.25, -0.2) is 19.4 Å². The second-order valence-corrected chi connectivity index (χ2v) is 8.67. The Bertz CT molecular complexity index is 1130. The Balaban J connectivity index is 1.93. The molecule has 1 aromatic carbocycles. The Morgan fingerprint density at radius 1 is 1.20 bits per heavy atom. The number of carbonyl (C=O) groups excluding carboxylic acids is 1. The minimum absolute atomic E-state index is 0.406. The smallest absolute Gasteiger partial charge is 0.420 e. The Hall–Kier alpha value is -2.84. The predicted octanol–water partition coefficient (Wildman–Crippen LogP) is 5.08. The molecule has 1 aliphatic heterocycles. The van der Waals surface area contributed by atoms with E-state index >= 15 is 0 Å². The Morgan fingerprint density at radius 3 is 2.60 bits per heavy atom. The average molecular weight is 447 g/mol. The maximum absolute atomic E-state index is 13.1. The Morgan fingerprint density at radius 2 is 1.97 bits per heavy atom. The summed E-state index contributed by atoms with van der Waals surface area (Å²) < 4.78 is 7.37. The summed E-state index contributed by atoms with van der Waals surface area (Å²) in [5, 5.41) is 12.2. The van der Waals surface area contributed by atoms with Gasteiger partial charge < -0.3 is 4.74 Å². The summed E-state index contributed by atoms with van der Waals surface area (Å²) in [5.74, 6) is 1.08. The lowest BCUT2D eigenvalue weighted by Crippen LogP contribution is -2.41. The molecule has 0 fully saturated rings. The first-order chi connectivity index (χ1) is 14.2. The summed E-state index contributed by atoms with van der Waals surface area (Å²) in [5.41, 5.74) is 1.54. The van der Waals surface area contributed by atoms with Gasteiger partial charge >= 0.3 is 6.09 Å². The monoisotopic (exact) mass is 446 g/mol. The number of hydrogen-bond acceptors (Lipinski definition) is 5. The molecule has 1 amide bonds. The molecular weight excluding hydrogens is 427 g/mol. The summed E-state index contributed by atoms with van der Waals surface area (Å²) in [6.45, 7) is 7.30. The molecule has 3 aromatic rings. The molecule has 30 heavy (non-hydrogen) atoms. The van der Waals surface area contributed by atoms with Crippen LogP contribution in [0, 0.1) is 0 Å². The van der Waals surface area contributed by atoms with Crippen molar-refractivity contribution in [3.8, 4) is 0 Å². The fourth-order valence-corrected chi connectivity index (χ4v) is 3.77. The van der Waals surface area contributed by atoms with Crippen molar-refractivity contribution >= 4 is 40.7 Å². The van der Waals surface area contributed by atoms with E-state index in [1.165, 1.54) is 11.2 Å². The molecule has 10 heteroatoms. The van der Waals surface area contributed by atoms with Crippen molar-refractivity contribution in [1.29, 1.82) is 0 Å². The number of allylic oxidation sites excluding steroid dienone is 2. The van der Waals surface area contributed by atoms with Crippen LogP contribution in [-0.4, -0.2) is 36.7 Å². The van der Waals surface area contributed by atoms with E-state index in [1.807, 2.05) is 33.8 Å². The first-order valence-electron chi connectivity index (χ1n) is 9.25. The number of amides is 1. The number of H-pyrrole nitrogens is 1. The van der Waals surface area contributed by atoms with E-state index < -0.39 is 17.7 Å². The highest BCUT2D eigenvalue weighted by molar-refractivity contribution is 6.42. The Labute approximate surface area is 183 Å². The molecule has 2 aromatic heterocycles. The minimum Gasteiger partial charge on any atom is -0.443 e. The zero-order chi connectivity index (χ0) is 21.6. The van der Waals surface area contributed by atoms with Crippen molar-refractivity contribution in [1.82, 2.24) is 25.0 Å². The standard InChI is InChI=1S/C20H20Cl2N6O2/c1-11-16(18-23-10-24-26-18)17(12-5-6-13(21)14(22)9-12)28-15(7-8-25-28)27(11)19(29)30-20(2,3)4/h5-10,17H,1-4H3,(H,23,24,26)/t17-/m1/s1. The van der Waals surface area contributed by atoms with Crippen LogP contribution in [0.25, 0.3) is 5.57 Å². The van der Waals surface area contributed by atoms with Crippen molar-refractivity contribution in [2.75, 3.05) is 4.90 Å². The molecule has 8 nitrogen and oxygen atoms in total. The molecule has 0 spiro atoms. The lowest BCUT2D eigenvalue weighted by atomic mass is 9.94. The molecule has 1 aliphatic rings. The van der Waals surface area contributed by atoms with E-state index in [4.69, 9.17) is 27.9 Å². The van der Waals surface area contributed by atoms with Crippen molar-refractivity contribution in [3.63, 3.8) is 0 Å². The zero-order valence-corrected chi connectivity index (χ0v) is 18.4. The molecule has 0 saturated heterocycles. The number of rotatable bonds is 2. The Kier molecular flexibility index (Phi) is 5.07. The van der Waals surface area contributed by atoms with Crippen LogP contribution in [0.3, 0.4) is 0 Å². The second-order valence-electron chi connectivity index (χ2n) is 7.86. The van der Waals surface area contributed by atoms with Gasteiger partial charge in [-0.3, -0.25) is 5.10 Å². The maximum Gasteiger partial charge on any atom is 0.420 e. The van der Waals surface area contributed by atoms with Crippen LogP contribution in [0.1, 0.15) is 45.1 Å². The van der Waals surface area contributed by atoms with Crippen LogP contribution in [0.15, 0.2) is 42.5 Å². The molecule has 1 atom stereocenters. The van der Waals surface area contributed by atoms with Crippen molar-refractivity contribution < 1.29 is 9.53 Å². The third-order valence-electron chi connectivity index (χ3n) is 4.63. The van der Waals surface area contributed by atoms with Gasteiger partial charge in [0.05, 0.1) is 16.2 Å². The highest BCUT2D eigenvalue weighted by atomic mass is 35.5. The maximum atomic E-state index is 13.1. The van der Waals surface area contributed by atoms with Crippen LogP contribution in [0.4, 0.5) is 10.6 Å². The highest BCUT2D eigenvalue weighted by Gasteiger charge is 2.39. The molecule has 0 radical (unpaired) electrons. The van der Waals surface area contributed by atoms with Gasteiger partial charge in [0.15, 0.2) is 5.82 Å². The van der Waals surface area contributed by atoms with Crippen LogP contribution in [0.2, 0.25) is 10.0 Å². The number of nitrogens with one attached hydrogen (secondary N) is 1. The van der Waals surface area contributed by atoms with Gasteiger partial charge in [-0.05, 0) is 45.4 Å². The fraction of sp³-hybridized carbons (Fsp3) is 0.300. The number of aromatic nitrogens is 5. The SMILES string of the molecule is CC1=C(c2ncn[nH]2)[C@@H](c2ccc(Cl)c(Cl)c2)n2nccc2N1C(=O)OC(C)(C)C. The number of nitrogens with zero attached hydrogens (tertiary/aromatic N) is 5. The van der Waals surface area contributed by atoms with Gasteiger partial charge in [-0.15, -0.1) is 0 Å². The summed E-state index contributed by atoms with van der Waals surface area (Å²) in [7, 11) is 0. The molecule has 156 valence electrons. The zero-order valence-electron chi connectivity index (χ0n) is 16.8. The van der Waals surface area contributed by atoms with E-state index in [2.05, 4.69) is 20.3 Å². The van der Waals surface area contributed by atoms with Gasteiger partial charge in [-0.2, -0.15) is 10.2 Å². The average Bonchev–Trinajstić information content (AvgIpc) is 3.33. The molecular formula is C20H20Cl2N6O2. The van der Waals surface area contributed by atoms with Gasteiger partial charge in [0.1, 0.15) is 23.8 Å². The van der Waals surface area contributed by atoms with Crippen molar-refractivity contribution in [3.05, 3.63) is 63.9 Å². The number of benzene rings is 1. The lowest BCUT2D eigenvalue weighted by molar-refractivity contribution is 0.0589. The van der Waals surface area contributed by atoms with E-state index in [0.29, 0.717) is 33.0 Å². The summed E-state index contributed by atoms with van der Waals surface area (Å²) in [6.07, 6.45) is 2.54. The third kappa shape index (κ3) is 3.57. The molecule has 0 unspecified atom stereocenters. The molecule has 3 heterocycles. The predicted molar refractivity (Wildman–Crippen MR) is 115 cm³/mol. The van der Waals surface area contributed by atoms with Crippen LogP contribution >= 0.6 is 23.2 Å². The second kappa shape index (κ2) is 7.45. The van der Waals surface area contributed by atoms with E-state index in [-0.39, 0.29) is 0 Å². The number of fused-ring (bicyclic) bond motifs is 1. The number of halogens is 2. The largest absolute Gasteiger partial charge is 0.443 e. The number of hydrogen-bond donors (Lipinski definition) is 1. The van der Waals surface area contributed by atoms with Crippen molar-refractivity contribution in [2.45, 2.75) is 39.3 Å². The third-order valence-corrected chi connectivity index (χ3v) is 5.37. The molecule has 4 rings (SSSR count). The van der Waals surface area contributed by atoms with E-state index in [9.17, 15) is 4.79 Å². The van der Waals surface area contributed by atoms with Gasteiger partial charge in [-0.1, -0.05) is 29.3 Å². The molecule has 0 bridgehead atoms. The minimum atomic E-state index is -0.658. The van der Waals surface area contributed by atoms with E-state index in [0.717, 1.165) is 5.56 Å². The van der Waals surface area contributed by atoms with Gasteiger partial charge in [0.25, 0.3) is 0 Å². The number of carbonyl (C=O) groups is 1. The van der Waals surface area contributed by atoms with Crippen LogP contribution in [-0.2, 0) is 4.74 Å². The topological polar surface area (TPSA) is 88.9 Å². The fourth-order valence-electron chi connectivity index (χ4n) is 3.46. The summed E-state index contributed by atoms with van der Waals surface area (Å²) in [4.78, 5) is 18.9. The van der Waals surface area contributed by atoms with Gasteiger partial charge in [0.2, 0.25) is 0 Å². The number of ether oxygens (including phenoxy) is 1. The van der Waals surface area contributed by atoms with Crippen LogP contribution in [0.5, 0.6) is 0 Å². The first-order valence-corrected chi connectivity index (χ1v) is 10.0. The van der Waals surface area contributed by atoms with Crippen LogP contribution < -0.4 is 4.90 Å². The molecule has 1 N–H and O–H groups in total. The number of aromatic amines is 1. The quantitative estimate of drug-likeness (QED) is 0.592. The number of anilines is 1. The highest BCUT2D eigenvalue weighted by Crippen LogP contribution is 2.44. The molecule has 0 saturated carbocycles. The van der Waals surface area contributed by atoms with E-state index in [1.54, 1.807) is 29.1 Å². The summed E-state index contributed by atoms with van der Waals surface area (Å²) >= 11 is 12.4. The van der Waals surface area contributed by atoms with Gasteiger partial charge in [0, 0.05) is 17.3 Å². The van der Waals surface area contributed by atoms with Crippen molar-refractivity contribution in [2.24, 2.45) is 0 Å². The lowest BCUT2D eigenvalue weighted by Gasteiger charge is -2.36. The molecule has 0 aliphatic carbocycles. The normalized spacial score (nSPS) is 16.6. The summed E-state index contributed by atoms with van der Waals surface area (Å²) in [6, 6.07) is 6.74.